The second-order valence-electron chi connectivity index (χ2n) is 6.13. The summed E-state index contributed by atoms with van der Waals surface area (Å²) in [5.41, 5.74) is 2.55. The Morgan fingerprint density at radius 1 is 1.32 bits per heavy atom. The third-order valence-electron chi connectivity index (χ3n) is 4.00. The molecule has 1 heterocycles. The third-order valence-corrected chi connectivity index (χ3v) is 4.28. The fourth-order valence-corrected chi connectivity index (χ4v) is 2.94. The van der Waals surface area contributed by atoms with Crippen LogP contribution in [0.4, 0.5) is 0 Å². The van der Waals surface area contributed by atoms with Gasteiger partial charge in [-0.05, 0) is 42.3 Å². The highest BCUT2D eigenvalue weighted by atomic mass is 35.5. The van der Waals surface area contributed by atoms with E-state index in [2.05, 4.69) is 15.3 Å². The molecule has 1 aromatic heterocycles. The van der Waals surface area contributed by atoms with Crippen molar-refractivity contribution in [3.63, 3.8) is 0 Å². The van der Waals surface area contributed by atoms with Gasteiger partial charge in [0.1, 0.15) is 5.82 Å². The van der Waals surface area contributed by atoms with E-state index >= 15 is 0 Å². The maximum absolute atomic E-state index is 12.1. The minimum absolute atomic E-state index is 0.234. The first-order chi connectivity index (χ1) is 13.6. The van der Waals surface area contributed by atoms with Gasteiger partial charge in [-0.3, -0.25) is 4.79 Å². The van der Waals surface area contributed by atoms with Crippen LogP contribution in [0.15, 0.2) is 42.5 Å². The predicted octanol–water partition coefficient (Wildman–Crippen LogP) is 4.34. The van der Waals surface area contributed by atoms with Crippen molar-refractivity contribution >= 4 is 34.6 Å². The van der Waals surface area contributed by atoms with Crippen LogP contribution in [0.2, 0.25) is 5.02 Å². The summed E-state index contributed by atoms with van der Waals surface area (Å²) in [7, 11) is 1.55. The number of fused-ring (bicyclic) bond motifs is 1. The van der Waals surface area contributed by atoms with Crippen molar-refractivity contribution in [2.24, 2.45) is 0 Å². The molecule has 0 bridgehead atoms. The molecule has 3 rings (SSSR count). The van der Waals surface area contributed by atoms with Crippen molar-refractivity contribution in [2.75, 3.05) is 13.7 Å². The number of methoxy groups -OCH3 is 1. The number of aromatic amines is 1. The minimum atomic E-state index is -0.234. The molecule has 0 fully saturated rings. The molecule has 146 valence electrons. The van der Waals surface area contributed by atoms with Gasteiger partial charge in [0.15, 0.2) is 11.5 Å². The highest BCUT2D eigenvalue weighted by Crippen LogP contribution is 2.36. The Hall–Kier alpha value is -2.99. The van der Waals surface area contributed by atoms with Crippen LogP contribution in [0, 0.1) is 0 Å². The van der Waals surface area contributed by atoms with Gasteiger partial charge in [0.25, 0.3) is 0 Å². The van der Waals surface area contributed by atoms with E-state index in [1.165, 1.54) is 6.08 Å². The number of rotatable bonds is 8. The predicted molar refractivity (Wildman–Crippen MR) is 111 cm³/mol. The molecule has 28 heavy (non-hydrogen) atoms. The summed E-state index contributed by atoms with van der Waals surface area (Å²) >= 11 is 6.29. The van der Waals surface area contributed by atoms with Crippen molar-refractivity contribution in [2.45, 2.75) is 19.9 Å². The van der Waals surface area contributed by atoms with E-state index in [1.54, 1.807) is 25.3 Å². The SMILES string of the molecule is CCCOc1c(Cl)cc(/C=C/C(=O)NCc2nc3ccccc3[nH]2)cc1OC. The van der Waals surface area contributed by atoms with E-state index in [0.29, 0.717) is 35.5 Å². The molecule has 0 aliphatic heterocycles. The maximum Gasteiger partial charge on any atom is 0.244 e. The maximum atomic E-state index is 12.1. The summed E-state index contributed by atoms with van der Waals surface area (Å²) < 4.78 is 11.0. The number of imidazole rings is 1. The van der Waals surface area contributed by atoms with Crippen LogP contribution in [-0.4, -0.2) is 29.6 Å². The van der Waals surface area contributed by atoms with Crippen LogP contribution in [0.3, 0.4) is 0 Å². The molecule has 6 nitrogen and oxygen atoms in total. The van der Waals surface area contributed by atoms with E-state index in [0.717, 1.165) is 23.0 Å². The van der Waals surface area contributed by atoms with Gasteiger partial charge in [-0.25, -0.2) is 4.98 Å². The van der Waals surface area contributed by atoms with Gasteiger partial charge >= 0.3 is 0 Å². The Kier molecular flexibility index (Phi) is 6.55. The van der Waals surface area contributed by atoms with Crippen molar-refractivity contribution in [3.05, 3.63) is 58.9 Å². The molecule has 0 saturated carbocycles. The molecule has 2 aromatic carbocycles. The number of carbonyl (C=O) groups is 1. The number of amides is 1. The average Bonchev–Trinajstić information content (AvgIpc) is 3.12. The number of hydrogen-bond acceptors (Lipinski definition) is 4. The van der Waals surface area contributed by atoms with Gasteiger partial charge < -0.3 is 19.8 Å². The highest BCUT2D eigenvalue weighted by molar-refractivity contribution is 6.32. The molecular weight excluding hydrogens is 378 g/mol. The van der Waals surface area contributed by atoms with Crippen molar-refractivity contribution in [1.82, 2.24) is 15.3 Å². The summed E-state index contributed by atoms with van der Waals surface area (Å²) in [5.74, 6) is 1.51. The lowest BCUT2D eigenvalue weighted by atomic mass is 10.2. The van der Waals surface area contributed by atoms with Gasteiger partial charge in [0.2, 0.25) is 5.91 Å². The zero-order valence-corrected chi connectivity index (χ0v) is 16.5. The van der Waals surface area contributed by atoms with Crippen LogP contribution in [0.1, 0.15) is 24.7 Å². The van der Waals surface area contributed by atoms with E-state index in [1.807, 2.05) is 31.2 Å². The third kappa shape index (κ3) is 4.84. The lowest BCUT2D eigenvalue weighted by molar-refractivity contribution is -0.116. The molecule has 7 heteroatoms. The highest BCUT2D eigenvalue weighted by Gasteiger charge is 2.11. The Morgan fingerprint density at radius 3 is 2.89 bits per heavy atom. The molecule has 0 unspecified atom stereocenters. The van der Waals surface area contributed by atoms with Crippen LogP contribution in [0.25, 0.3) is 17.1 Å². The van der Waals surface area contributed by atoms with Gasteiger partial charge in [0.05, 0.1) is 36.3 Å². The molecular formula is C21H22ClN3O3. The van der Waals surface area contributed by atoms with E-state index < -0.39 is 0 Å². The first kappa shape index (κ1) is 19.8. The Morgan fingerprint density at radius 2 is 2.14 bits per heavy atom. The lowest BCUT2D eigenvalue weighted by Gasteiger charge is -2.12. The van der Waals surface area contributed by atoms with E-state index in [4.69, 9.17) is 21.1 Å². The average molecular weight is 400 g/mol. The molecule has 3 aromatic rings. The van der Waals surface area contributed by atoms with Crippen molar-refractivity contribution in [1.29, 1.82) is 0 Å². The molecule has 0 aliphatic rings. The number of benzene rings is 2. The summed E-state index contributed by atoms with van der Waals surface area (Å²) in [6, 6.07) is 11.2. The summed E-state index contributed by atoms with van der Waals surface area (Å²) in [5, 5.41) is 3.24. The van der Waals surface area contributed by atoms with Crippen molar-refractivity contribution in [3.8, 4) is 11.5 Å². The molecule has 2 N–H and O–H groups in total. The number of ether oxygens (including phenoxy) is 2. The monoisotopic (exact) mass is 399 g/mol. The largest absolute Gasteiger partial charge is 0.493 e. The fourth-order valence-electron chi connectivity index (χ4n) is 2.67. The number of hydrogen-bond donors (Lipinski definition) is 2. The van der Waals surface area contributed by atoms with Crippen LogP contribution in [0.5, 0.6) is 11.5 Å². The second-order valence-corrected chi connectivity index (χ2v) is 6.54. The van der Waals surface area contributed by atoms with Crippen LogP contribution < -0.4 is 14.8 Å². The molecule has 0 spiro atoms. The minimum Gasteiger partial charge on any atom is -0.493 e. The fraction of sp³-hybridized carbons (Fsp3) is 0.238. The number of nitrogens with zero attached hydrogens (tertiary/aromatic N) is 1. The summed E-state index contributed by atoms with van der Waals surface area (Å²) in [6.07, 6.45) is 3.98. The molecule has 0 atom stereocenters. The van der Waals surface area contributed by atoms with Gasteiger partial charge in [-0.1, -0.05) is 30.7 Å². The normalized spacial score (nSPS) is 11.1. The van der Waals surface area contributed by atoms with E-state index in [9.17, 15) is 4.79 Å². The quantitative estimate of drug-likeness (QED) is 0.552. The molecule has 1 amide bonds. The first-order valence-corrected chi connectivity index (χ1v) is 9.38. The molecule has 0 saturated heterocycles. The lowest BCUT2D eigenvalue weighted by Crippen LogP contribution is -2.20. The van der Waals surface area contributed by atoms with Gasteiger partial charge in [-0.15, -0.1) is 0 Å². The molecule has 0 radical (unpaired) electrons. The first-order valence-electron chi connectivity index (χ1n) is 9.00. The molecule has 0 aliphatic carbocycles. The number of aromatic nitrogens is 2. The summed E-state index contributed by atoms with van der Waals surface area (Å²) in [6.45, 7) is 2.88. The number of para-hydroxylation sites is 2. The number of halogens is 1. The zero-order chi connectivity index (χ0) is 19.9. The summed E-state index contributed by atoms with van der Waals surface area (Å²) in [4.78, 5) is 19.7. The van der Waals surface area contributed by atoms with E-state index in [-0.39, 0.29) is 5.91 Å². The zero-order valence-electron chi connectivity index (χ0n) is 15.8. The van der Waals surface area contributed by atoms with Crippen molar-refractivity contribution < 1.29 is 14.3 Å². The Balaban J connectivity index is 1.63. The Bertz CT molecular complexity index is 965. The Labute approximate surface area is 168 Å². The van der Waals surface area contributed by atoms with Gasteiger partial charge in [0, 0.05) is 6.08 Å². The number of nitrogens with one attached hydrogen (secondary N) is 2. The van der Waals surface area contributed by atoms with Crippen LogP contribution >= 0.6 is 11.6 Å². The second kappa shape index (κ2) is 9.28. The number of H-pyrrole nitrogens is 1. The topological polar surface area (TPSA) is 76.2 Å². The number of carbonyl (C=O) groups excluding carboxylic acids is 1. The smallest absolute Gasteiger partial charge is 0.244 e. The van der Waals surface area contributed by atoms with Gasteiger partial charge in [-0.2, -0.15) is 0 Å². The van der Waals surface area contributed by atoms with Crippen LogP contribution in [-0.2, 0) is 11.3 Å². The standard InChI is InChI=1S/C21H22ClN3O3/c1-3-10-28-21-15(22)11-14(12-18(21)27-2)8-9-20(26)23-13-19-24-16-6-4-5-7-17(16)25-19/h4-9,11-12H,3,10,13H2,1-2H3,(H,23,26)(H,24,25)/b9-8+.